The monoisotopic (exact) mass is 250 g/mol. The van der Waals surface area contributed by atoms with Crippen LogP contribution in [0.25, 0.3) is 0 Å². The number of aryl methyl sites for hydroxylation is 1. The number of nitrogens with two attached hydrogens (primary N) is 1. The van der Waals surface area contributed by atoms with E-state index in [0.29, 0.717) is 24.7 Å². The Bertz CT molecular complexity index is 501. The van der Waals surface area contributed by atoms with Gasteiger partial charge in [0.2, 0.25) is 5.84 Å². The third-order valence-corrected chi connectivity index (χ3v) is 2.71. The van der Waals surface area contributed by atoms with E-state index in [4.69, 9.17) is 10.5 Å². The first-order valence-corrected chi connectivity index (χ1v) is 5.51. The molecule has 1 aliphatic rings. The van der Waals surface area contributed by atoms with Crippen LogP contribution in [0.1, 0.15) is 5.56 Å². The molecule has 0 aliphatic carbocycles. The number of hydrogen-bond acceptors (Lipinski definition) is 4. The SMILES string of the molecule is Cc1cc(N)ccc1N1CCOCC1=N[N+](=O)[O-]. The quantitative estimate of drug-likeness (QED) is 0.480. The maximum Gasteiger partial charge on any atom is 0.209 e. The van der Waals surface area contributed by atoms with Gasteiger partial charge in [0.05, 0.1) is 11.7 Å². The summed E-state index contributed by atoms with van der Waals surface area (Å²) >= 11 is 0. The number of nitro groups is 1. The Morgan fingerprint density at radius 2 is 2.33 bits per heavy atom. The zero-order valence-corrected chi connectivity index (χ0v) is 10.00. The van der Waals surface area contributed by atoms with Gasteiger partial charge in [0.1, 0.15) is 6.61 Å². The zero-order valence-electron chi connectivity index (χ0n) is 10.00. The van der Waals surface area contributed by atoms with E-state index in [1.54, 1.807) is 11.0 Å². The standard InChI is InChI=1S/C11H14N4O3/c1-8-6-9(12)2-3-10(8)14-4-5-18-7-11(14)13-15(16)17/h2-3,6H,4-5,7,12H2,1H3. The molecule has 1 saturated heterocycles. The highest BCUT2D eigenvalue weighted by Crippen LogP contribution is 2.24. The van der Waals surface area contributed by atoms with Crippen molar-refractivity contribution in [3.63, 3.8) is 0 Å². The molecule has 2 rings (SSSR count). The minimum absolute atomic E-state index is 0.144. The fraction of sp³-hybridized carbons (Fsp3) is 0.364. The van der Waals surface area contributed by atoms with Crippen molar-refractivity contribution < 1.29 is 9.77 Å². The second kappa shape index (κ2) is 5.01. The van der Waals surface area contributed by atoms with Gasteiger partial charge in [-0.05, 0) is 30.7 Å². The molecule has 96 valence electrons. The van der Waals surface area contributed by atoms with E-state index in [2.05, 4.69) is 5.10 Å². The topological polar surface area (TPSA) is 94.0 Å². The number of anilines is 2. The number of morpholine rings is 1. The van der Waals surface area contributed by atoms with Gasteiger partial charge in [-0.15, -0.1) is 0 Å². The molecule has 2 N–H and O–H groups in total. The highest BCUT2D eigenvalue weighted by molar-refractivity contribution is 5.99. The van der Waals surface area contributed by atoms with Crippen LogP contribution in [0.3, 0.4) is 0 Å². The second-order valence-electron chi connectivity index (χ2n) is 4.00. The average Bonchev–Trinajstić information content (AvgIpc) is 2.30. The summed E-state index contributed by atoms with van der Waals surface area (Å²) in [7, 11) is 0. The van der Waals surface area contributed by atoms with Gasteiger partial charge < -0.3 is 15.4 Å². The van der Waals surface area contributed by atoms with E-state index in [1.165, 1.54) is 0 Å². The molecule has 7 nitrogen and oxygen atoms in total. The molecular weight excluding hydrogens is 236 g/mol. The molecule has 0 spiro atoms. The van der Waals surface area contributed by atoms with Crippen LogP contribution in [-0.4, -0.2) is 30.6 Å². The molecule has 0 radical (unpaired) electrons. The van der Waals surface area contributed by atoms with Crippen LogP contribution in [0.15, 0.2) is 23.3 Å². The van der Waals surface area contributed by atoms with Crippen molar-refractivity contribution in [2.24, 2.45) is 5.10 Å². The normalized spacial score (nSPS) is 18.1. The Labute approximate surface area is 104 Å². The number of benzene rings is 1. The van der Waals surface area contributed by atoms with Crippen molar-refractivity contribution in [3.05, 3.63) is 33.9 Å². The third-order valence-electron chi connectivity index (χ3n) is 2.71. The summed E-state index contributed by atoms with van der Waals surface area (Å²) in [5, 5.41) is 13.2. The molecule has 1 fully saturated rings. The van der Waals surface area contributed by atoms with E-state index >= 15 is 0 Å². The fourth-order valence-corrected chi connectivity index (χ4v) is 1.94. The summed E-state index contributed by atoms with van der Waals surface area (Å²) in [6, 6.07) is 5.43. The van der Waals surface area contributed by atoms with Crippen molar-refractivity contribution in [3.8, 4) is 0 Å². The summed E-state index contributed by atoms with van der Waals surface area (Å²) in [5.74, 6) is 0.305. The van der Waals surface area contributed by atoms with Gasteiger partial charge in [0.15, 0.2) is 5.03 Å². The molecule has 7 heteroatoms. The maximum absolute atomic E-state index is 10.5. The number of ether oxygens (including phenoxy) is 1. The molecule has 1 heterocycles. The predicted octanol–water partition coefficient (Wildman–Crippen LogP) is 1.00. The van der Waals surface area contributed by atoms with Gasteiger partial charge in [0.25, 0.3) is 0 Å². The van der Waals surface area contributed by atoms with Crippen LogP contribution >= 0.6 is 0 Å². The summed E-state index contributed by atoms with van der Waals surface area (Å²) < 4.78 is 5.20. The molecular formula is C11H14N4O3. The Kier molecular flexibility index (Phi) is 3.42. The highest BCUT2D eigenvalue weighted by Gasteiger charge is 2.23. The first-order chi connectivity index (χ1) is 8.58. The summed E-state index contributed by atoms with van der Waals surface area (Å²) in [5.41, 5.74) is 8.18. The number of nitrogen functional groups attached to an aromatic ring is 1. The van der Waals surface area contributed by atoms with Crippen LogP contribution in [0, 0.1) is 17.0 Å². The van der Waals surface area contributed by atoms with Gasteiger partial charge in [-0.1, -0.05) is 0 Å². The Hall–Kier alpha value is -2.15. The maximum atomic E-state index is 10.5. The molecule has 1 aliphatic heterocycles. The number of hydrogen-bond donors (Lipinski definition) is 1. The van der Waals surface area contributed by atoms with Crippen LogP contribution < -0.4 is 10.6 Å². The second-order valence-corrected chi connectivity index (χ2v) is 4.00. The number of rotatable bonds is 2. The fourth-order valence-electron chi connectivity index (χ4n) is 1.94. The van der Waals surface area contributed by atoms with Crippen molar-refractivity contribution >= 4 is 17.2 Å². The smallest absolute Gasteiger partial charge is 0.209 e. The Morgan fingerprint density at radius 1 is 1.56 bits per heavy atom. The number of nitrogens with zero attached hydrogens (tertiary/aromatic N) is 3. The van der Waals surface area contributed by atoms with Crippen molar-refractivity contribution in [2.75, 3.05) is 30.4 Å². The lowest BCUT2D eigenvalue weighted by molar-refractivity contribution is -0.485. The molecule has 0 unspecified atom stereocenters. The molecule has 0 atom stereocenters. The predicted molar refractivity (Wildman–Crippen MR) is 68.2 cm³/mol. The number of amidine groups is 1. The average molecular weight is 250 g/mol. The van der Waals surface area contributed by atoms with Crippen LogP contribution in [0.4, 0.5) is 11.4 Å². The van der Waals surface area contributed by atoms with Gasteiger partial charge in [-0.3, -0.25) is 0 Å². The third kappa shape index (κ3) is 2.57. The van der Waals surface area contributed by atoms with Crippen LogP contribution in [-0.2, 0) is 4.74 Å². The number of hydrazone groups is 1. The lowest BCUT2D eigenvalue weighted by Crippen LogP contribution is -2.42. The molecule has 1 aromatic carbocycles. The van der Waals surface area contributed by atoms with Crippen LogP contribution in [0.5, 0.6) is 0 Å². The Morgan fingerprint density at radius 3 is 3.00 bits per heavy atom. The minimum atomic E-state index is -0.705. The minimum Gasteiger partial charge on any atom is -0.399 e. The molecule has 0 aromatic heterocycles. The van der Waals surface area contributed by atoms with E-state index in [-0.39, 0.29) is 6.61 Å². The van der Waals surface area contributed by atoms with E-state index in [1.807, 2.05) is 19.1 Å². The lowest BCUT2D eigenvalue weighted by atomic mass is 10.1. The first-order valence-electron chi connectivity index (χ1n) is 5.51. The van der Waals surface area contributed by atoms with Crippen molar-refractivity contribution in [1.82, 2.24) is 0 Å². The molecule has 18 heavy (non-hydrogen) atoms. The largest absolute Gasteiger partial charge is 0.399 e. The highest BCUT2D eigenvalue weighted by atomic mass is 16.7. The Balaban J connectivity index is 2.37. The summed E-state index contributed by atoms with van der Waals surface area (Å²) in [4.78, 5) is 12.3. The van der Waals surface area contributed by atoms with Gasteiger partial charge in [0, 0.05) is 17.9 Å². The first kappa shape index (κ1) is 12.3. The van der Waals surface area contributed by atoms with Gasteiger partial charge in [-0.2, -0.15) is 0 Å². The van der Waals surface area contributed by atoms with Crippen LogP contribution in [0.2, 0.25) is 0 Å². The summed E-state index contributed by atoms with van der Waals surface area (Å²) in [6.07, 6.45) is 0. The van der Waals surface area contributed by atoms with Gasteiger partial charge >= 0.3 is 0 Å². The molecule has 0 amide bonds. The van der Waals surface area contributed by atoms with E-state index < -0.39 is 5.03 Å². The van der Waals surface area contributed by atoms with E-state index in [9.17, 15) is 10.1 Å². The molecule has 1 aromatic rings. The van der Waals surface area contributed by atoms with Crippen molar-refractivity contribution in [2.45, 2.75) is 6.92 Å². The molecule has 0 saturated carbocycles. The lowest BCUT2D eigenvalue weighted by Gasteiger charge is -2.29. The van der Waals surface area contributed by atoms with Gasteiger partial charge in [-0.25, -0.2) is 10.1 Å². The molecule has 0 bridgehead atoms. The van der Waals surface area contributed by atoms with Crippen molar-refractivity contribution in [1.29, 1.82) is 0 Å². The summed E-state index contributed by atoms with van der Waals surface area (Å²) in [6.45, 7) is 3.10. The van der Waals surface area contributed by atoms with E-state index in [0.717, 1.165) is 11.3 Å². The zero-order chi connectivity index (χ0) is 13.1.